The lowest BCUT2D eigenvalue weighted by Gasteiger charge is -2.28. The first kappa shape index (κ1) is 23.9. The highest BCUT2D eigenvalue weighted by Gasteiger charge is 2.51. The summed E-state index contributed by atoms with van der Waals surface area (Å²) in [6.45, 7) is 0. The van der Waals surface area contributed by atoms with Crippen LogP contribution in [0.3, 0.4) is 0 Å². The van der Waals surface area contributed by atoms with Crippen molar-refractivity contribution in [3.8, 4) is 16.9 Å². The molecule has 4 rings (SSSR count). The first-order valence-corrected chi connectivity index (χ1v) is 11.8. The van der Waals surface area contributed by atoms with Gasteiger partial charge in [-0.2, -0.15) is 5.10 Å². The van der Waals surface area contributed by atoms with E-state index >= 15 is 0 Å². The molecule has 0 spiro atoms. The van der Waals surface area contributed by atoms with Gasteiger partial charge in [-0.15, -0.1) is 0 Å². The molecule has 182 valence electrons. The van der Waals surface area contributed by atoms with E-state index in [1.165, 1.54) is 37.3 Å². The fraction of sp³-hybridized carbons (Fsp3) is 0.520. The van der Waals surface area contributed by atoms with Crippen LogP contribution in [-0.4, -0.2) is 51.5 Å². The van der Waals surface area contributed by atoms with Crippen molar-refractivity contribution < 1.29 is 19.4 Å². The number of carbonyl (C=O) groups excluding carboxylic acids is 1. The van der Waals surface area contributed by atoms with Gasteiger partial charge in [0.2, 0.25) is 5.91 Å². The molecule has 3 N–H and O–H groups in total. The van der Waals surface area contributed by atoms with E-state index < -0.39 is 17.6 Å². The van der Waals surface area contributed by atoms with Crippen LogP contribution in [0.25, 0.3) is 11.1 Å². The number of carboxylic acids is 1. The Bertz CT molecular complexity index is 1100. The molecule has 9 nitrogen and oxygen atoms in total. The number of aliphatic carboxylic acids is 1. The molecule has 2 saturated carbocycles. The number of carboxylic acid groups (broad SMARTS) is 1. The highest BCUT2D eigenvalue weighted by atomic mass is 16.5. The lowest BCUT2D eigenvalue weighted by atomic mass is 9.94. The number of nitrogens with zero attached hydrogens (tertiary/aromatic N) is 2. The van der Waals surface area contributed by atoms with Gasteiger partial charge in [-0.3, -0.25) is 9.59 Å². The van der Waals surface area contributed by atoms with Gasteiger partial charge in [0, 0.05) is 19.5 Å². The highest BCUT2D eigenvalue weighted by molar-refractivity contribution is 5.92. The predicted octanol–water partition coefficient (Wildman–Crippen LogP) is 2.02. The van der Waals surface area contributed by atoms with Gasteiger partial charge in [-0.05, 0) is 36.8 Å². The summed E-state index contributed by atoms with van der Waals surface area (Å²) in [6.07, 6.45) is 8.80. The Kier molecular flexibility index (Phi) is 7.02. The number of ether oxygens (including phenoxy) is 1. The van der Waals surface area contributed by atoms with Gasteiger partial charge in [0.25, 0.3) is 5.56 Å². The van der Waals surface area contributed by atoms with E-state index in [2.05, 4.69) is 15.7 Å². The molecule has 0 aliphatic heterocycles. The molecule has 1 heterocycles. The summed E-state index contributed by atoms with van der Waals surface area (Å²) in [6, 6.07) is 6.33. The molecule has 2 aromatic rings. The van der Waals surface area contributed by atoms with Crippen molar-refractivity contribution in [2.75, 3.05) is 7.11 Å². The fourth-order valence-corrected chi connectivity index (χ4v) is 4.68. The van der Waals surface area contributed by atoms with Gasteiger partial charge >= 0.3 is 5.97 Å². The zero-order valence-electron chi connectivity index (χ0n) is 19.7. The summed E-state index contributed by atoms with van der Waals surface area (Å²) in [5.74, 6) is -0.936. The second-order valence-electron chi connectivity index (χ2n) is 9.34. The molecule has 0 radical (unpaired) electrons. The average molecular weight is 469 g/mol. The molecule has 1 amide bonds. The van der Waals surface area contributed by atoms with Crippen molar-refractivity contribution in [2.24, 2.45) is 7.05 Å². The van der Waals surface area contributed by atoms with Crippen molar-refractivity contribution >= 4 is 11.9 Å². The molecule has 0 unspecified atom stereocenters. The number of aryl methyl sites for hydroxylation is 1. The summed E-state index contributed by atoms with van der Waals surface area (Å²) in [5, 5.41) is 20.0. The van der Waals surface area contributed by atoms with Gasteiger partial charge < -0.3 is 20.5 Å². The quantitative estimate of drug-likeness (QED) is 0.515. The van der Waals surface area contributed by atoms with Crippen LogP contribution in [0, 0.1) is 0 Å². The minimum absolute atomic E-state index is 0.145. The monoisotopic (exact) mass is 468 g/mol. The average Bonchev–Trinajstić information content (AvgIpc) is 3.62. The summed E-state index contributed by atoms with van der Waals surface area (Å²) >= 11 is 0. The van der Waals surface area contributed by atoms with Crippen LogP contribution in [-0.2, 0) is 23.1 Å². The lowest BCUT2D eigenvalue weighted by Crippen LogP contribution is -2.55. The number of nitrogens with one attached hydrogen (secondary N) is 2. The van der Waals surface area contributed by atoms with Crippen LogP contribution in [0.2, 0.25) is 0 Å². The lowest BCUT2D eigenvalue weighted by molar-refractivity contribution is -0.142. The number of rotatable bonds is 9. The zero-order valence-corrected chi connectivity index (χ0v) is 19.7. The minimum Gasteiger partial charge on any atom is -0.494 e. The Balaban J connectivity index is 1.45. The van der Waals surface area contributed by atoms with Crippen LogP contribution in [0.4, 0.5) is 0 Å². The molecule has 2 fully saturated rings. The zero-order chi connectivity index (χ0) is 24.3. The Hall–Kier alpha value is -3.20. The molecular weight excluding hydrogens is 436 g/mol. The number of aromatic nitrogens is 2. The fourth-order valence-electron chi connectivity index (χ4n) is 4.68. The molecular formula is C25H32N4O5. The SMILES string of the molecule is COc1cnn(C)c(=O)c1-c1ccc(C[C@H](NC(=O)C2(NC3CCCCC3)CC2)C(=O)O)cc1. The Morgan fingerprint density at radius 3 is 2.47 bits per heavy atom. The van der Waals surface area contributed by atoms with Crippen LogP contribution < -0.4 is 20.9 Å². The van der Waals surface area contributed by atoms with E-state index in [-0.39, 0.29) is 17.9 Å². The summed E-state index contributed by atoms with van der Waals surface area (Å²) in [7, 11) is 3.04. The van der Waals surface area contributed by atoms with E-state index in [9.17, 15) is 19.5 Å². The summed E-state index contributed by atoms with van der Waals surface area (Å²) in [5.41, 5.74) is 0.860. The number of carbonyl (C=O) groups is 2. The topological polar surface area (TPSA) is 123 Å². The smallest absolute Gasteiger partial charge is 0.326 e. The van der Waals surface area contributed by atoms with Crippen LogP contribution in [0.15, 0.2) is 35.3 Å². The first-order chi connectivity index (χ1) is 16.3. The summed E-state index contributed by atoms with van der Waals surface area (Å²) in [4.78, 5) is 37.5. The maximum atomic E-state index is 13.0. The Labute approximate surface area is 198 Å². The number of benzene rings is 1. The summed E-state index contributed by atoms with van der Waals surface area (Å²) < 4.78 is 6.52. The van der Waals surface area contributed by atoms with E-state index in [4.69, 9.17) is 4.74 Å². The van der Waals surface area contributed by atoms with Gasteiger partial charge in [0.15, 0.2) is 5.75 Å². The number of hydrogen-bond acceptors (Lipinski definition) is 6. The second-order valence-corrected chi connectivity index (χ2v) is 9.34. The molecule has 0 bridgehead atoms. The van der Waals surface area contributed by atoms with Crippen LogP contribution in [0.5, 0.6) is 5.75 Å². The molecule has 1 aromatic carbocycles. The number of amides is 1. The van der Waals surface area contributed by atoms with Gasteiger partial charge in [0.05, 0.1) is 24.4 Å². The largest absolute Gasteiger partial charge is 0.494 e. The predicted molar refractivity (Wildman–Crippen MR) is 127 cm³/mol. The van der Waals surface area contributed by atoms with Crippen molar-refractivity contribution in [2.45, 2.75) is 69.0 Å². The number of hydrogen-bond donors (Lipinski definition) is 3. The van der Waals surface area contributed by atoms with Crippen LogP contribution >= 0.6 is 0 Å². The third-order valence-electron chi connectivity index (χ3n) is 6.88. The normalized spacial score (nSPS) is 18.2. The standard InChI is InChI=1S/C25H32N4O5/c1-29-22(30)21(20(34-2)15-26-29)17-10-8-16(9-11-17)14-19(23(31)32)27-24(33)25(12-13-25)28-18-6-4-3-5-7-18/h8-11,15,18-19,28H,3-7,12-14H2,1-2H3,(H,27,33)(H,31,32)/t19-/m0/s1. The number of methoxy groups -OCH3 is 1. The molecule has 1 atom stereocenters. The second kappa shape index (κ2) is 9.97. The molecule has 2 aliphatic rings. The Morgan fingerprint density at radius 1 is 1.21 bits per heavy atom. The molecule has 1 aromatic heterocycles. The van der Waals surface area contributed by atoms with E-state index in [0.29, 0.717) is 22.9 Å². The molecule has 2 aliphatic carbocycles. The van der Waals surface area contributed by atoms with Gasteiger partial charge in [-0.25, -0.2) is 9.48 Å². The van der Waals surface area contributed by atoms with Gasteiger partial charge in [0.1, 0.15) is 6.04 Å². The van der Waals surface area contributed by atoms with E-state index in [0.717, 1.165) is 31.2 Å². The molecule has 9 heteroatoms. The molecule has 34 heavy (non-hydrogen) atoms. The third kappa shape index (κ3) is 5.14. The van der Waals surface area contributed by atoms with Crippen LogP contribution in [0.1, 0.15) is 50.5 Å². The maximum Gasteiger partial charge on any atom is 0.326 e. The Morgan fingerprint density at radius 2 is 1.88 bits per heavy atom. The minimum atomic E-state index is -1.07. The highest BCUT2D eigenvalue weighted by Crippen LogP contribution is 2.38. The first-order valence-electron chi connectivity index (χ1n) is 11.8. The van der Waals surface area contributed by atoms with Crippen molar-refractivity contribution in [3.63, 3.8) is 0 Å². The maximum absolute atomic E-state index is 13.0. The van der Waals surface area contributed by atoms with Gasteiger partial charge in [-0.1, -0.05) is 43.5 Å². The molecule has 0 saturated heterocycles. The van der Waals surface area contributed by atoms with Crippen molar-refractivity contribution in [1.29, 1.82) is 0 Å². The van der Waals surface area contributed by atoms with Crippen molar-refractivity contribution in [3.05, 3.63) is 46.4 Å². The third-order valence-corrected chi connectivity index (χ3v) is 6.88. The van der Waals surface area contributed by atoms with E-state index in [1.54, 1.807) is 31.3 Å². The van der Waals surface area contributed by atoms with E-state index in [1.807, 2.05) is 0 Å². The van der Waals surface area contributed by atoms with Crippen molar-refractivity contribution in [1.82, 2.24) is 20.4 Å².